The predicted octanol–water partition coefficient (Wildman–Crippen LogP) is 2.71. The van der Waals surface area contributed by atoms with E-state index in [2.05, 4.69) is 4.98 Å². The Kier molecular flexibility index (Phi) is 4.08. The van der Waals surface area contributed by atoms with Gasteiger partial charge in [0.25, 0.3) is 0 Å². The third-order valence-electron chi connectivity index (χ3n) is 2.93. The van der Waals surface area contributed by atoms with Crippen LogP contribution in [0, 0.1) is 6.92 Å². The molecule has 0 saturated heterocycles. The number of aryl methyl sites for hydroxylation is 1. The number of rotatable bonds is 4. The summed E-state index contributed by atoms with van der Waals surface area (Å²) in [6.45, 7) is 6.02. The van der Waals surface area contributed by atoms with Gasteiger partial charge in [0.2, 0.25) is 0 Å². The van der Waals surface area contributed by atoms with Crippen LogP contribution < -0.4 is 5.73 Å². The third kappa shape index (κ3) is 3.17. The Bertz CT molecular complexity index is 617. The largest absolute Gasteiger partial charge is 0.455 e. The first-order chi connectivity index (χ1) is 9.47. The van der Waals surface area contributed by atoms with Gasteiger partial charge in [-0.25, -0.2) is 4.79 Å². The van der Waals surface area contributed by atoms with Crippen LogP contribution in [0.15, 0.2) is 30.5 Å². The summed E-state index contributed by atoms with van der Waals surface area (Å²) in [5.41, 5.74) is 8.39. The van der Waals surface area contributed by atoms with Gasteiger partial charge in [0, 0.05) is 17.9 Å². The maximum Gasteiger partial charge on any atom is 0.355 e. The Morgan fingerprint density at radius 2 is 2.20 bits per heavy atom. The van der Waals surface area contributed by atoms with Crippen molar-refractivity contribution in [1.82, 2.24) is 9.55 Å². The van der Waals surface area contributed by atoms with Crippen molar-refractivity contribution in [2.75, 3.05) is 5.73 Å². The van der Waals surface area contributed by atoms with Crippen molar-refractivity contribution in [1.29, 1.82) is 0 Å². The summed E-state index contributed by atoms with van der Waals surface area (Å²) >= 11 is 0. The summed E-state index contributed by atoms with van der Waals surface area (Å²) in [4.78, 5) is 16.4. The molecule has 0 radical (unpaired) electrons. The number of hydrogen-bond donors (Lipinski definition) is 1. The molecule has 20 heavy (non-hydrogen) atoms. The first-order valence-electron chi connectivity index (χ1n) is 6.54. The lowest BCUT2D eigenvalue weighted by molar-refractivity contribution is 0.0453. The van der Waals surface area contributed by atoms with E-state index in [4.69, 9.17) is 10.5 Å². The predicted molar refractivity (Wildman–Crippen MR) is 77.3 cm³/mol. The van der Waals surface area contributed by atoms with E-state index in [0.29, 0.717) is 11.4 Å². The first kappa shape index (κ1) is 14.1. The maximum absolute atomic E-state index is 12.1. The lowest BCUT2D eigenvalue weighted by Gasteiger charge is -2.12. The van der Waals surface area contributed by atoms with E-state index < -0.39 is 5.97 Å². The molecule has 0 aliphatic carbocycles. The highest BCUT2D eigenvalue weighted by Crippen LogP contribution is 2.17. The summed E-state index contributed by atoms with van der Waals surface area (Å²) < 4.78 is 7.10. The second-order valence-corrected chi connectivity index (χ2v) is 5.01. The minimum atomic E-state index is -0.390. The van der Waals surface area contributed by atoms with E-state index >= 15 is 0 Å². The molecule has 5 heteroatoms. The molecule has 2 heterocycles. The monoisotopic (exact) mass is 273 g/mol. The average molecular weight is 273 g/mol. The Hall–Kier alpha value is -2.30. The standard InChI is InChI=1S/C15H19N3O2/c1-10(2)18-8-12(16)7-14(18)15(19)20-9-13-6-4-5-11(3)17-13/h4-8,10H,9,16H2,1-3H3. The number of carbonyl (C=O) groups is 1. The molecule has 0 aliphatic rings. The highest BCUT2D eigenvalue weighted by molar-refractivity contribution is 5.89. The van der Waals surface area contributed by atoms with E-state index in [1.165, 1.54) is 0 Å². The topological polar surface area (TPSA) is 70.1 Å². The molecular weight excluding hydrogens is 254 g/mol. The number of nitrogens with two attached hydrogens (primary N) is 1. The quantitative estimate of drug-likeness (QED) is 0.869. The van der Waals surface area contributed by atoms with Crippen LogP contribution in [0.2, 0.25) is 0 Å². The Morgan fingerprint density at radius 1 is 1.45 bits per heavy atom. The van der Waals surface area contributed by atoms with Crippen molar-refractivity contribution in [3.8, 4) is 0 Å². The molecule has 2 aromatic rings. The van der Waals surface area contributed by atoms with Crippen LogP contribution in [0.25, 0.3) is 0 Å². The zero-order valence-corrected chi connectivity index (χ0v) is 12.0. The lowest BCUT2D eigenvalue weighted by atomic mass is 10.3. The van der Waals surface area contributed by atoms with Gasteiger partial charge in [0.15, 0.2) is 0 Å². The minimum Gasteiger partial charge on any atom is -0.455 e. The van der Waals surface area contributed by atoms with Gasteiger partial charge in [-0.3, -0.25) is 4.98 Å². The van der Waals surface area contributed by atoms with E-state index in [9.17, 15) is 4.79 Å². The number of pyridine rings is 1. The maximum atomic E-state index is 12.1. The fourth-order valence-corrected chi connectivity index (χ4v) is 1.98. The van der Waals surface area contributed by atoms with Crippen LogP contribution in [0.1, 0.15) is 41.8 Å². The minimum absolute atomic E-state index is 0.145. The highest BCUT2D eigenvalue weighted by Gasteiger charge is 2.16. The second-order valence-electron chi connectivity index (χ2n) is 5.01. The number of anilines is 1. The fourth-order valence-electron chi connectivity index (χ4n) is 1.98. The molecule has 106 valence electrons. The summed E-state index contributed by atoms with van der Waals surface area (Å²) in [6.07, 6.45) is 1.74. The van der Waals surface area contributed by atoms with Gasteiger partial charge < -0.3 is 15.0 Å². The zero-order valence-electron chi connectivity index (χ0n) is 12.0. The van der Waals surface area contributed by atoms with E-state index in [1.54, 1.807) is 16.8 Å². The Morgan fingerprint density at radius 3 is 2.85 bits per heavy atom. The van der Waals surface area contributed by atoms with Crippen LogP contribution >= 0.6 is 0 Å². The Balaban J connectivity index is 2.09. The third-order valence-corrected chi connectivity index (χ3v) is 2.93. The van der Waals surface area contributed by atoms with E-state index in [1.807, 2.05) is 39.0 Å². The molecule has 0 saturated carbocycles. The molecule has 0 spiro atoms. The molecule has 0 atom stereocenters. The molecule has 0 fully saturated rings. The fraction of sp³-hybridized carbons (Fsp3) is 0.333. The van der Waals surface area contributed by atoms with Crippen LogP contribution in [-0.4, -0.2) is 15.5 Å². The van der Waals surface area contributed by atoms with E-state index in [0.717, 1.165) is 11.4 Å². The summed E-state index contributed by atoms with van der Waals surface area (Å²) in [5, 5.41) is 0. The molecule has 5 nitrogen and oxygen atoms in total. The number of nitrogen functional groups attached to an aromatic ring is 1. The molecule has 2 rings (SSSR count). The van der Waals surface area contributed by atoms with Crippen molar-refractivity contribution in [2.24, 2.45) is 0 Å². The molecule has 0 amide bonds. The lowest BCUT2D eigenvalue weighted by Crippen LogP contribution is -2.13. The molecular formula is C15H19N3O2. The summed E-state index contributed by atoms with van der Waals surface area (Å²) in [7, 11) is 0. The molecule has 2 aromatic heterocycles. The normalized spacial score (nSPS) is 10.8. The highest BCUT2D eigenvalue weighted by atomic mass is 16.5. The van der Waals surface area contributed by atoms with Gasteiger partial charge >= 0.3 is 5.97 Å². The number of carbonyl (C=O) groups excluding carboxylic acids is 1. The van der Waals surface area contributed by atoms with Crippen molar-refractivity contribution in [3.63, 3.8) is 0 Å². The molecule has 2 N–H and O–H groups in total. The first-order valence-corrected chi connectivity index (χ1v) is 6.54. The number of aromatic nitrogens is 2. The van der Waals surface area contributed by atoms with Gasteiger partial charge in [0.05, 0.1) is 11.4 Å². The second kappa shape index (κ2) is 5.77. The molecule has 0 bridgehead atoms. The SMILES string of the molecule is Cc1cccc(COC(=O)c2cc(N)cn2C(C)C)n1. The van der Waals surface area contributed by atoms with Gasteiger partial charge in [-0.15, -0.1) is 0 Å². The van der Waals surface area contributed by atoms with Crippen molar-refractivity contribution >= 4 is 11.7 Å². The zero-order chi connectivity index (χ0) is 14.7. The van der Waals surface area contributed by atoms with Gasteiger partial charge in [0.1, 0.15) is 12.3 Å². The van der Waals surface area contributed by atoms with Crippen LogP contribution in [0.5, 0.6) is 0 Å². The van der Waals surface area contributed by atoms with Crippen molar-refractivity contribution < 1.29 is 9.53 Å². The smallest absolute Gasteiger partial charge is 0.355 e. The number of ether oxygens (including phenoxy) is 1. The van der Waals surface area contributed by atoms with Crippen molar-refractivity contribution in [3.05, 3.63) is 47.5 Å². The average Bonchev–Trinajstić information content (AvgIpc) is 2.78. The van der Waals surface area contributed by atoms with E-state index in [-0.39, 0.29) is 12.6 Å². The number of nitrogens with zero attached hydrogens (tertiary/aromatic N) is 2. The van der Waals surface area contributed by atoms with Gasteiger partial charge in [-0.05, 0) is 39.0 Å². The summed E-state index contributed by atoms with van der Waals surface area (Å²) in [6, 6.07) is 7.39. The van der Waals surface area contributed by atoms with Crippen molar-refractivity contribution in [2.45, 2.75) is 33.4 Å². The molecule has 0 unspecified atom stereocenters. The van der Waals surface area contributed by atoms with Crippen LogP contribution in [0.3, 0.4) is 0 Å². The molecule has 0 aromatic carbocycles. The van der Waals surface area contributed by atoms with Gasteiger partial charge in [-0.1, -0.05) is 6.07 Å². The Labute approximate surface area is 118 Å². The number of esters is 1. The van der Waals surface area contributed by atoms with Gasteiger partial charge in [-0.2, -0.15) is 0 Å². The summed E-state index contributed by atoms with van der Waals surface area (Å²) in [5.74, 6) is -0.390. The van der Waals surface area contributed by atoms with Crippen LogP contribution in [0.4, 0.5) is 5.69 Å². The van der Waals surface area contributed by atoms with Crippen LogP contribution in [-0.2, 0) is 11.3 Å². The molecule has 0 aliphatic heterocycles. The number of hydrogen-bond acceptors (Lipinski definition) is 4.